The van der Waals surface area contributed by atoms with E-state index in [2.05, 4.69) is 0 Å². The van der Waals surface area contributed by atoms with Crippen molar-refractivity contribution in [2.45, 2.75) is 18.6 Å². The molecule has 120 valence electrons. The van der Waals surface area contributed by atoms with Crippen LogP contribution in [0.15, 0.2) is 60.9 Å². The Morgan fingerprint density at radius 1 is 1.08 bits per heavy atom. The Balaban J connectivity index is 1.84. The molecule has 2 aliphatic rings. The number of hydrogen-bond acceptors (Lipinski definition) is 3. The molecule has 0 aliphatic carbocycles. The minimum absolute atomic E-state index is 0.0373. The van der Waals surface area contributed by atoms with E-state index in [0.717, 1.165) is 5.56 Å². The number of benzene rings is 2. The summed E-state index contributed by atoms with van der Waals surface area (Å²) in [4.78, 5) is 26.8. The zero-order valence-corrected chi connectivity index (χ0v) is 13.5. The third-order valence-corrected chi connectivity index (χ3v) is 4.72. The SMILES string of the molecule is O=C1C=CO[C@@]2(C1)C(=O)N(Cc1ccccc1)c1cccc(Cl)c12. The Kier molecular flexibility index (Phi) is 3.43. The lowest BCUT2D eigenvalue weighted by molar-refractivity contribution is -0.143. The Hall–Kier alpha value is -2.59. The van der Waals surface area contributed by atoms with Gasteiger partial charge in [-0.2, -0.15) is 0 Å². The molecule has 0 saturated carbocycles. The van der Waals surface area contributed by atoms with Crippen LogP contribution in [-0.2, 0) is 26.5 Å². The van der Waals surface area contributed by atoms with Gasteiger partial charge in [0.1, 0.15) is 0 Å². The van der Waals surface area contributed by atoms with Crippen LogP contribution in [0.3, 0.4) is 0 Å². The van der Waals surface area contributed by atoms with E-state index in [1.807, 2.05) is 36.4 Å². The number of rotatable bonds is 2. The van der Waals surface area contributed by atoms with Gasteiger partial charge in [-0.3, -0.25) is 9.59 Å². The van der Waals surface area contributed by atoms with Gasteiger partial charge in [-0.1, -0.05) is 48.0 Å². The van der Waals surface area contributed by atoms with Crippen molar-refractivity contribution < 1.29 is 14.3 Å². The first-order chi connectivity index (χ1) is 11.6. The van der Waals surface area contributed by atoms with Crippen LogP contribution in [0.25, 0.3) is 0 Å². The van der Waals surface area contributed by atoms with Crippen molar-refractivity contribution in [3.8, 4) is 0 Å². The van der Waals surface area contributed by atoms with Gasteiger partial charge in [-0.05, 0) is 17.7 Å². The molecule has 0 N–H and O–H groups in total. The van der Waals surface area contributed by atoms with Gasteiger partial charge in [0.15, 0.2) is 5.78 Å². The van der Waals surface area contributed by atoms with Gasteiger partial charge < -0.3 is 9.64 Å². The van der Waals surface area contributed by atoms with Gasteiger partial charge in [0.05, 0.1) is 29.9 Å². The van der Waals surface area contributed by atoms with E-state index in [9.17, 15) is 9.59 Å². The van der Waals surface area contributed by atoms with Crippen LogP contribution in [0, 0.1) is 0 Å². The summed E-state index contributed by atoms with van der Waals surface area (Å²) in [6, 6.07) is 15.0. The molecule has 24 heavy (non-hydrogen) atoms. The van der Waals surface area contributed by atoms with E-state index in [-0.39, 0.29) is 18.1 Å². The summed E-state index contributed by atoms with van der Waals surface area (Å²) in [5.41, 5.74) is 0.908. The van der Waals surface area contributed by atoms with Gasteiger partial charge in [-0.25, -0.2) is 0 Å². The number of nitrogens with zero attached hydrogens (tertiary/aromatic N) is 1. The largest absolute Gasteiger partial charge is 0.479 e. The van der Waals surface area contributed by atoms with Crippen molar-refractivity contribution in [3.05, 3.63) is 77.0 Å². The lowest BCUT2D eigenvalue weighted by atomic mass is 9.88. The van der Waals surface area contributed by atoms with Crippen LogP contribution in [0.5, 0.6) is 0 Å². The Labute approximate surface area is 144 Å². The second-order valence-corrected chi connectivity index (χ2v) is 6.31. The molecule has 0 fully saturated rings. The third-order valence-electron chi connectivity index (χ3n) is 4.41. The van der Waals surface area contributed by atoms with Crippen LogP contribution < -0.4 is 4.90 Å². The van der Waals surface area contributed by atoms with Crippen molar-refractivity contribution in [2.24, 2.45) is 0 Å². The second kappa shape index (κ2) is 5.49. The molecule has 1 amide bonds. The van der Waals surface area contributed by atoms with Crippen molar-refractivity contribution in [1.82, 2.24) is 0 Å². The molecule has 2 aliphatic heterocycles. The number of ketones is 1. The summed E-state index contributed by atoms with van der Waals surface area (Å²) in [6.45, 7) is 0.399. The Morgan fingerprint density at radius 2 is 1.88 bits per heavy atom. The smallest absolute Gasteiger partial charge is 0.276 e. The van der Waals surface area contributed by atoms with E-state index in [4.69, 9.17) is 16.3 Å². The lowest BCUT2D eigenvalue weighted by Gasteiger charge is -2.29. The summed E-state index contributed by atoms with van der Waals surface area (Å²) >= 11 is 6.38. The quantitative estimate of drug-likeness (QED) is 0.840. The fourth-order valence-electron chi connectivity index (χ4n) is 3.34. The predicted octanol–water partition coefficient (Wildman–Crippen LogP) is 3.59. The minimum atomic E-state index is -1.35. The van der Waals surface area contributed by atoms with E-state index < -0.39 is 5.60 Å². The Morgan fingerprint density at radius 3 is 2.62 bits per heavy atom. The molecule has 2 heterocycles. The first-order valence-electron chi connectivity index (χ1n) is 7.64. The molecule has 1 atom stereocenters. The number of allylic oxidation sites excluding steroid dienone is 1. The topological polar surface area (TPSA) is 46.6 Å². The van der Waals surface area contributed by atoms with Crippen LogP contribution in [0.2, 0.25) is 5.02 Å². The number of ether oxygens (including phenoxy) is 1. The zero-order valence-electron chi connectivity index (χ0n) is 12.7. The number of fused-ring (bicyclic) bond motifs is 2. The summed E-state index contributed by atoms with van der Waals surface area (Å²) in [6.07, 6.45) is 2.60. The maximum atomic E-state index is 13.2. The van der Waals surface area contributed by atoms with Gasteiger partial charge >= 0.3 is 0 Å². The first-order valence-corrected chi connectivity index (χ1v) is 8.02. The average molecular weight is 340 g/mol. The zero-order chi connectivity index (χ0) is 16.7. The molecular formula is C19H14ClNO3. The number of hydrogen-bond donors (Lipinski definition) is 0. The monoisotopic (exact) mass is 339 g/mol. The minimum Gasteiger partial charge on any atom is -0.479 e. The number of amides is 1. The van der Waals surface area contributed by atoms with Crippen LogP contribution in [0.1, 0.15) is 17.5 Å². The highest BCUT2D eigenvalue weighted by Gasteiger charge is 2.55. The Bertz CT molecular complexity index is 862. The number of carbonyl (C=O) groups excluding carboxylic acids is 2. The third kappa shape index (κ3) is 2.14. The molecule has 5 heteroatoms. The van der Waals surface area contributed by atoms with Crippen molar-refractivity contribution in [1.29, 1.82) is 0 Å². The molecule has 4 nitrogen and oxygen atoms in total. The van der Waals surface area contributed by atoms with E-state index in [0.29, 0.717) is 22.8 Å². The summed E-state index contributed by atoms with van der Waals surface area (Å²) in [5.74, 6) is -0.408. The highest BCUT2D eigenvalue weighted by molar-refractivity contribution is 6.33. The van der Waals surface area contributed by atoms with Crippen molar-refractivity contribution >= 4 is 29.0 Å². The van der Waals surface area contributed by atoms with Gasteiger partial charge in [-0.15, -0.1) is 0 Å². The number of carbonyl (C=O) groups is 2. The maximum absolute atomic E-state index is 13.2. The molecule has 4 rings (SSSR count). The fraction of sp³-hybridized carbons (Fsp3) is 0.158. The standard InChI is InChI=1S/C19H14ClNO3/c20-15-7-4-8-16-17(15)19(11-14(22)9-10-24-19)18(23)21(16)12-13-5-2-1-3-6-13/h1-10H,11-12H2/t19-/m1/s1. The molecule has 0 saturated heterocycles. The summed E-state index contributed by atoms with van der Waals surface area (Å²) in [5, 5.41) is 0.430. The summed E-state index contributed by atoms with van der Waals surface area (Å²) < 4.78 is 5.71. The van der Waals surface area contributed by atoms with Crippen LogP contribution in [-0.4, -0.2) is 11.7 Å². The predicted molar refractivity (Wildman–Crippen MR) is 90.6 cm³/mol. The summed E-state index contributed by atoms with van der Waals surface area (Å²) in [7, 11) is 0. The second-order valence-electron chi connectivity index (χ2n) is 5.90. The molecule has 2 aromatic rings. The fourth-order valence-corrected chi connectivity index (χ4v) is 3.66. The van der Waals surface area contributed by atoms with Crippen LogP contribution >= 0.6 is 11.6 Å². The van der Waals surface area contributed by atoms with E-state index in [1.54, 1.807) is 17.0 Å². The number of anilines is 1. The number of halogens is 1. The first kappa shape index (κ1) is 15.0. The van der Waals surface area contributed by atoms with E-state index >= 15 is 0 Å². The van der Waals surface area contributed by atoms with Crippen molar-refractivity contribution in [3.63, 3.8) is 0 Å². The normalized spacial score (nSPS) is 22.0. The van der Waals surface area contributed by atoms with Gasteiger partial charge in [0.2, 0.25) is 5.60 Å². The highest BCUT2D eigenvalue weighted by Crippen LogP contribution is 2.50. The maximum Gasteiger partial charge on any atom is 0.276 e. The molecule has 0 aromatic heterocycles. The van der Waals surface area contributed by atoms with E-state index in [1.165, 1.54) is 12.3 Å². The molecule has 0 unspecified atom stereocenters. The highest BCUT2D eigenvalue weighted by atomic mass is 35.5. The molecule has 2 aromatic carbocycles. The molecule has 0 bridgehead atoms. The lowest BCUT2D eigenvalue weighted by Crippen LogP contribution is -2.44. The van der Waals surface area contributed by atoms with Crippen molar-refractivity contribution in [2.75, 3.05) is 4.90 Å². The molecular weight excluding hydrogens is 326 g/mol. The van der Waals surface area contributed by atoms with Gasteiger partial charge in [0, 0.05) is 11.6 Å². The molecule has 0 radical (unpaired) electrons. The molecule has 1 spiro atoms. The van der Waals surface area contributed by atoms with Gasteiger partial charge in [0.25, 0.3) is 5.91 Å². The average Bonchev–Trinajstić information content (AvgIpc) is 2.79. The van der Waals surface area contributed by atoms with Crippen LogP contribution in [0.4, 0.5) is 5.69 Å².